The van der Waals surface area contributed by atoms with Crippen LogP contribution in [0.15, 0.2) is 18.3 Å². The van der Waals surface area contributed by atoms with Crippen LogP contribution in [0, 0.1) is 5.33 Å². The molecule has 0 saturated heterocycles. The van der Waals surface area contributed by atoms with E-state index in [1.807, 2.05) is 23.7 Å². The van der Waals surface area contributed by atoms with E-state index in [4.69, 9.17) is 0 Å². The summed E-state index contributed by atoms with van der Waals surface area (Å²) >= 11 is 3.18. The molecule has 37 valence electrons. The van der Waals surface area contributed by atoms with Crippen LogP contribution in [0.4, 0.5) is 0 Å². The first-order chi connectivity index (χ1) is 3.43. The molecule has 0 unspecified atom stereocenters. The Morgan fingerprint density at radius 1 is 1.71 bits per heavy atom. The Kier molecular flexibility index (Phi) is 1.52. The average molecular weight is 159 g/mol. The summed E-state index contributed by atoms with van der Waals surface area (Å²) in [7, 11) is 0. The third-order valence-corrected chi connectivity index (χ3v) is 1.23. The van der Waals surface area contributed by atoms with E-state index < -0.39 is 0 Å². The summed E-state index contributed by atoms with van der Waals surface area (Å²) in [5.41, 5.74) is 1.10. The van der Waals surface area contributed by atoms with Gasteiger partial charge in [-0.1, -0.05) is 15.9 Å². The number of hydrogen-bond acceptors (Lipinski definition) is 0. The highest BCUT2D eigenvalue weighted by atomic mass is 79.9. The van der Waals surface area contributed by atoms with Crippen LogP contribution < -0.4 is 0 Å². The van der Waals surface area contributed by atoms with Crippen molar-refractivity contribution < 1.29 is 0 Å². The first-order valence-corrected chi connectivity index (χ1v) is 2.92. The van der Waals surface area contributed by atoms with Gasteiger partial charge in [-0.05, 0) is 12.1 Å². The maximum absolute atomic E-state index is 3.18. The number of H-pyrrole nitrogens is 1. The van der Waals surface area contributed by atoms with Crippen molar-refractivity contribution in [1.29, 1.82) is 0 Å². The molecule has 1 radical (unpaired) electrons. The lowest BCUT2D eigenvalue weighted by Gasteiger charge is -1.78. The molecule has 0 atom stereocenters. The smallest absolute Gasteiger partial charge is 0.0726 e. The van der Waals surface area contributed by atoms with Gasteiger partial charge >= 0.3 is 0 Å². The van der Waals surface area contributed by atoms with Gasteiger partial charge in [-0.15, -0.1) is 0 Å². The molecule has 0 aliphatic carbocycles. The molecule has 0 aromatic carbocycles. The first-order valence-electron chi connectivity index (χ1n) is 2.00. The largest absolute Gasteiger partial charge is 0.364 e. The van der Waals surface area contributed by atoms with Crippen LogP contribution in [0.3, 0.4) is 0 Å². The molecule has 0 aliphatic heterocycles. The maximum atomic E-state index is 3.18. The highest BCUT2D eigenvalue weighted by molar-refractivity contribution is 9.10. The van der Waals surface area contributed by atoms with E-state index in [9.17, 15) is 0 Å². The van der Waals surface area contributed by atoms with Gasteiger partial charge in [0.05, 0.1) is 5.33 Å². The molecular weight excluding hydrogens is 154 g/mol. The van der Waals surface area contributed by atoms with Gasteiger partial charge in [-0.25, -0.2) is 0 Å². The zero-order chi connectivity index (χ0) is 5.11. The number of aromatic amines is 1. The molecule has 0 fully saturated rings. The molecule has 0 amide bonds. The molecule has 0 saturated carbocycles. The first kappa shape index (κ1) is 4.91. The predicted molar refractivity (Wildman–Crippen MR) is 33.1 cm³/mol. The van der Waals surface area contributed by atoms with E-state index in [1.54, 1.807) is 0 Å². The molecule has 1 heterocycles. The molecule has 1 aromatic heterocycles. The Labute approximate surface area is 50.9 Å². The summed E-state index contributed by atoms with van der Waals surface area (Å²) in [6.07, 6.45) is 1.88. The van der Waals surface area contributed by atoms with Crippen LogP contribution in [0.1, 0.15) is 5.69 Å². The molecule has 0 spiro atoms. The average Bonchev–Trinajstić information content (AvgIpc) is 2.14. The minimum absolute atomic E-state index is 1.10. The molecule has 1 rings (SSSR count). The van der Waals surface area contributed by atoms with Gasteiger partial charge in [0.1, 0.15) is 0 Å². The molecule has 7 heavy (non-hydrogen) atoms. The summed E-state index contributed by atoms with van der Waals surface area (Å²) in [5.74, 6) is 0. The summed E-state index contributed by atoms with van der Waals surface area (Å²) in [5, 5.41) is 1.84. The van der Waals surface area contributed by atoms with Gasteiger partial charge in [0.25, 0.3) is 0 Å². The van der Waals surface area contributed by atoms with Crippen molar-refractivity contribution in [2.75, 3.05) is 0 Å². The van der Waals surface area contributed by atoms with Crippen LogP contribution >= 0.6 is 15.9 Å². The highest BCUT2D eigenvalue weighted by Crippen LogP contribution is 2.01. The van der Waals surface area contributed by atoms with Crippen molar-refractivity contribution in [2.45, 2.75) is 0 Å². The highest BCUT2D eigenvalue weighted by Gasteiger charge is 1.83. The summed E-state index contributed by atoms with van der Waals surface area (Å²) in [4.78, 5) is 2.98. The lowest BCUT2D eigenvalue weighted by atomic mass is 10.5. The Bertz CT molecular complexity index is 123. The summed E-state index contributed by atoms with van der Waals surface area (Å²) < 4.78 is 0. The Hall–Kier alpha value is -0.240. The number of halogens is 1. The van der Waals surface area contributed by atoms with E-state index in [1.165, 1.54) is 0 Å². The second kappa shape index (κ2) is 2.17. The fourth-order valence-corrected chi connectivity index (χ4v) is 0.697. The fraction of sp³-hybridized carbons (Fsp3) is 0. The second-order valence-electron chi connectivity index (χ2n) is 1.23. The van der Waals surface area contributed by atoms with E-state index in [-0.39, 0.29) is 0 Å². The van der Waals surface area contributed by atoms with Crippen LogP contribution in [0.2, 0.25) is 0 Å². The molecule has 1 N–H and O–H groups in total. The molecule has 1 aromatic rings. The van der Waals surface area contributed by atoms with Crippen molar-refractivity contribution in [3.05, 3.63) is 29.4 Å². The fourth-order valence-electron chi connectivity index (χ4n) is 0.412. The van der Waals surface area contributed by atoms with Crippen molar-refractivity contribution in [3.8, 4) is 0 Å². The van der Waals surface area contributed by atoms with Gasteiger partial charge in [-0.3, -0.25) is 0 Å². The van der Waals surface area contributed by atoms with E-state index in [2.05, 4.69) is 20.9 Å². The van der Waals surface area contributed by atoms with E-state index in [0.29, 0.717) is 0 Å². The van der Waals surface area contributed by atoms with Crippen molar-refractivity contribution in [1.82, 2.24) is 4.98 Å². The zero-order valence-electron chi connectivity index (χ0n) is 3.69. The van der Waals surface area contributed by atoms with Crippen molar-refractivity contribution in [2.24, 2.45) is 0 Å². The number of nitrogens with one attached hydrogen (secondary N) is 1. The van der Waals surface area contributed by atoms with Crippen molar-refractivity contribution >= 4 is 15.9 Å². The number of rotatable bonds is 1. The van der Waals surface area contributed by atoms with Gasteiger partial charge in [0.15, 0.2) is 0 Å². The van der Waals surface area contributed by atoms with Crippen molar-refractivity contribution in [3.63, 3.8) is 0 Å². The lowest BCUT2D eigenvalue weighted by Crippen LogP contribution is -1.66. The maximum Gasteiger partial charge on any atom is 0.0726 e. The monoisotopic (exact) mass is 158 g/mol. The van der Waals surface area contributed by atoms with Crippen LogP contribution in [-0.2, 0) is 0 Å². The Morgan fingerprint density at radius 2 is 2.57 bits per heavy atom. The molecule has 0 aliphatic rings. The normalized spacial score (nSPS) is 9.29. The molecule has 0 bridgehead atoms. The van der Waals surface area contributed by atoms with E-state index >= 15 is 0 Å². The topological polar surface area (TPSA) is 15.8 Å². The quantitative estimate of drug-likeness (QED) is 0.644. The minimum atomic E-state index is 1.10. The Balaban J connectivity index is 2.76. The zero-order valence-corrected chi connectivity index (χ0v) is 5.27. The van der Waals surface area contributed by atoms with Crippen LogP contribution in [0.25, 0.3) is 0 Å². The molecule has 2 heteroatoms. The van der Waals surface area contributed by atoms with Gasteiger partial charge in [0.2, 0.25) is 0 Å². The lowest BCUT2D eigenvalue weighted by molar-refractivity contribution is 1.34. The van der Waals surface area contributed by atoms with Crippen LogP contribution in [-0.4, -0.2) is 4.98 Å². The molecular formula is C5H5BrN. The predicted octanol–water partition coefficient (Wildman–Crippen LogP) is 1.92. The van der Waals surface area contributed by atoms with Crippen LogP contribution in [0.5, 0.6) is 0 Å². The van der Waals surface area contributed by atoms with Gasteiger partial charge in [-0.2, -0.15) is 0 Å². The van der Waals surface area contributed by atoms with E-state index in [0.717, 1.165) is 5.69 Å². The standard InChI is InChI=1S/C5H5BrN/c6-4-5-2-1-3-7-5/h1-4,7H. The van der Waals surface area contributed by atoms with Gasteiger partial charge < -0.3 is 4.98 Å². The summed E-state index contributed by atoms with van der Waals surface area (Å²) in [6.45, 7) is 0. The summed E-state index contributed by atoms with van der Waals surface area (Å²) in [6, 6.07) is 3.93. The Morgan fingerprint density at radius 3 is 2.86 bits per heavy atom. The third-order valence-electron chi connectivity index (χ3n) is 0.740. The molecule has 1 nitrogen and oxygen atoms in total. The second-order valence-corrected chi connectivity index (χ2v) is 1.69. The minimum Gasteiger partial charge on any atom is -0.364 e. The SMILES string of the molecule is Br[CH]c1ccc[nH]1. The third kappa shape index (κ3) is 1.06. The number of hydrogen-bond donors (Lipinski definition) is 1. The number of aromatic nitrogens is 1. The van der Waals surface area contributed by atoms with Gasteiger partial charge in [0, 0.05) is 11.9 Å².